The SMILES string of the molecule is Cc1cc(C(=O)N[C@H](C)[C@H](C)c2ccccc2)c(N)c([N+](=O)[O-])c1. The molecule has 6 heteroatoms. The number of nitro groups is 1. The Morgan fingerprint density at radius 3 is 2.42 bits per heavy atom. The summed E-state index contributed by atoms with van der Waals surface area (Å²) in [6.45, 7) is 5.61. The fourth-order valence-electron chi connectivity index (χ4n) is 2.57. The molecule has 126 valence electrons. The number of nitrogens with two attached hydrogens (primary N) is 1. The van der Waals surface area contributed by atoms with Gasteiger partial charge in [0.05, 0.1) is 10.5 Å². The van der Waals surface area contributed by atoms with Gasteiger partial charge in [-0.25, -0.2) is 0 Å². The number of rotatable bonds is 5. The molecule has 2 atom stereocenters. The first-order valence-electron chi connectivity index (χ1n) is 7.71. The maximum Gasteiger partial charge on any atom is 0.293 e. The molecule has 1 amide bonds. The van der Waals surface area contributed by atoms with Crippen LogP contribution in [-0.4, -0.2) is 16.9 Å². The number of aryl methyl sites for hydroxylation is 1. The summed E-state index contributed by atoms with van der Waals surface area (Å²) < 4.78 is 0. The molecular formula is C18H21N3O3. The fourth-order valence-corrected chi connectivity index (χ4v) is 2.57. The number of carbonyl (C=O) groups is 1. The van der Waals surface area contributed by atoms with Crippen molar-refractivity contribution >= 4 is 17.3 Å². The molecule has 0 spiro atoms. The summed E-state index contributed by atoms with van der Waals surface area (Å²) in [5.74, 6) is -0.314. The quantitative estimate of drug-likeness (QED) is 0.499. The molecule has 0 aliphatic carbocycles. The summed E-state index contributed by atoms with van der Waals surface area (Å²) >= 11 is 0. The van der Waals surface area contributed by atoms with E-state index in [0.717, 1.165) is 5.56 Å². The Kier molecular flexibility index (Phi) is 5.18. The largest absolute Gasteiger partial charge is 0.393 e. The van der Waals surface area contributed by atoms with Gasteiger partial charge in [0.2, 0.25) is 0 Å². The van der Waals surface area contributed by atoms with Crippen LogP contribution >= 0.6 is 0 Å². The molecule has 0 radical (unpaired) electrons. The molecule has 0 bridgehead atoms. The van der Waals surface area contributed by atoms with E-state index in [9.17, 15) is 14.9 Å². The number of hydrogen-bond donors (Lipinski definition) is 2. The third kappa shape index (κ3) is 3.71. The zero-order valence-electron chi connectivity index (χ0n) is 13.9. The van der Waals surface area contributed by atoms with E-state index in [1.165, 1.54) is 6.07 Å². The summed E-state index contributed by atoms with van der Waals surface area (Å²) in [6, 6.07) is 12.6. The van der Waals surface area contributed by atoms with Gasteiger partial charge in [0.1, 0.15) is 5.69 Å². The van der Waals surface area contributed by atoms with E-state index >= 15 is 0 Å². The summed E-state index contributed by atoms with van der Waals surface area (Å²) in [7, 11) is 0. The van der Waals surface area contributed by atoms with Gasteiger partial charge >= 0.3 is 0 Å². The number of carbonyl (C=O) groups excluding carboxylic acids is 1. The molecule has 0 aromatic heterocycles. The number of nitro benzene ring substituents is 1. The molecule has 0 fully saturated rings. The van der Waals surface area contributed by atoms with E-state index in [0.29, 0.717) is 5.56 Å². The fraction of sp³-hybridized carbons (Fsp3) is 0.278. The van der Waals surface area contributed by atoms with Crippen LogP contribution in [0.3, 0.4) is 0 Å². The molecule has 0 unspecified atom stereocenters. The van der Waals surface area contributed by atoms with Crippen LogP contribution in [0.4, 0.5) is 11.4 Å². The summed E-state index contributed by atoms with van der Waals surface area (Å²) in [6.07, 6.45) is 0. The van der Waals surface area contributed by atoms with Crippen LogP contribution in [0.5, 0.6) is 0 Å². The van der Waals surface area contributed by atoms with E-state index in [4.69, 9.17) is 5.73 Å². The van der Waals surface area contributed by atoms with E-state index in [-0.39, 0.29) is 28.9 Å². The minimum absolute atomic E-state index is 0.0937. The van der Waals surface area contributed by atoms with Crippen LogP contribution in [0.1, 0.15) is 41.3 Å². The van der Waals surface area contributed by atoms with Crippen LogP contribution < -0.4 is 11.1 Å². The average Bonchev–Trinajstić information content (AvgIpc) is 2.56. The summed E-state index contributed by atoms with van der Waals surface area (Å²) in [5, 5.41) is 13.9. The second-order valence-electron chi connectivity index (χ2n) is 5.96. The van der Waals surface area contributed by atoms with Crippen molar-refractivity contribution in [2.24, 2.45) is 0 Å². The van der Waals surface area contributed by atoms with Gasteiger partial charge in [0, 0.05) is 18.0 Å². The van der Waals surface area contributed by atoms with Crippen LogP contribution in [-0.2, 0) is 0 Å². The van der Waals surface area contributed by atoms with Gasteiger partial charge in [-0.3, -0.25) is 14.9 Å². The zero-order chi connectivity index (χ0) is 17.9. The molecule has 6 nitrogen and oxygen atoms in total. The van der Waals surface area contributed by atoms with E-state index in [2.05, 4.69) is 5.32 Å². The number of nitrogen functional groups attached to an aromatic ring is 1. The van der Waals surface area contributed by atoms with Crippen molar-refractivity contribution < 1.29 is 9.72 Å². The molecule has 0 saturated heterocycles. The highest BCUT2D eigenvalue weighted by Gasteiger charge is 2.23. The highest BCUT2D eigenvalue weighted by atomic mass is 16.6. The number of anilines is 1. The number of benzene rings is 2. The standard InChI is InChI=1S/C18H21N3O3/c1-11-9-15(17(19)16(10-11)21(23)24)18(22)20-13(3)12(2)14-7-5-4-6-8-14/h4-10,12-13H,19H2,1-3H3,(H,20,22)/t12-,13+/m0/s1. The van der Waals surface area contributed by atoms with Gasteiger partial charge in [0.15, 0.2) is 0 Å². The average molecular weight is 327 g/mol. The van der Waals surface area contributed by atoms with Crippen molar-refractivity contribution in [2.45, 2.75) is 32.7 Å². The predicted molar refractivity (Wildman–Crippen MR) is 94.0 cm³/mol. The van der Waals surface area contributed by atoms with Gasteiger partial charge in [-0.15, -0.1) is 0 Å². The monoisotopic (exact) mass is 327 g/mol. The number of nitrogens with zero attached hydrogens (tertiary/aromatic N) is 1. The Balaban J connectivity index is 2.22. The number of hydrogen-bond acceptors (Lipinski definition) is 4. The topological polar surface area (TPSA) is 98.3 Å². The molecule has 24 heavy (non-hydrogen) atoms. The minimum Gasteiger partial charge on any atom is -0.393 e. The van der Waals surface area contributed by atoms with Crippen molar-refractivity contribution in [2.75, 3.05) is 5.73 Å². The lowest BCUT2D eigenvalue weighted by Crippen LogP contribution is -2.36. The zero-order valence-corrected chi connectivity index (χ0v) is 13.9. The Labute approximate surface area is 140 Å². The molecule has 0 aliphatic rings. The predicted octanol–water partition coefficient (Wildman–Crippen LogP) is 3.41. The van der Waals surface area contributed by atoms with Crippen LogP contribution in [0, 0.1) is 17.0 Å². The minimum atomic E-state index is -0.574. The molecule has 0 aliphatic heterocycles. The van der Waals surface area contributed by atoms with Crippen LogP contribution in [0.15, 0.2) is 42.5 Å². The Bertz CT molecular complexity index is 760. The lowest BCUT2D eigenvalue weighted by Gasteiger charge is -2.22. The van der Waals surface area contributed by atoms with Crippen molar-refractivity contribution in [1.29, 1.82) is 0 Å². The smallest absolute Gasteiger partial charge is 0.293 e. The van der Waals surface area contributed by atoms with Gasteiger partial charge in [-0.05, 0) is 31.0 Å². The maximum atomic E-state index is 12.5. The second-order valence-corrected chi connectivity index (χ2v) is 5.96. The van der Waals surface area contributed by atoms with Crippen molar-refractivity contribution in [3.8, 4) is 0 Å². The normalized spacial score (nSPS) is 13.1. The Morgan fingerprint density at radius 1 is 1.21 bits per heavy atom. The molecule has 2 aromatic carbocycles. The molecule has 0 heterocycles. The summed E-state index contributed by atoms with van der Waals surface area (Å²) in [4.78, 5) is 23.0. The highest BCUT2D eigenvalue weighted by Crippen LogP contribution is 2.27. The molecule has 0 saturated carbocycles. The van der Waals surface area contributed by atoms with Gasteiger partial charge in [0.25, 0.3) is 11.6 Å². The third-order valence-corrected chi connectivity index (χ3v) is 4.18. The number of nitrogens with one attached hydrogen (secondary N) is 1. The molecular weight excluding hydrogens is 306 g/mol. The highest BCUT2D eigenvalue weighted by molar-refractivity contribution is 6.01. The first-order valence-corrected chi connectivity index (χ1v) is 7.71. The van der Waals surface area contributed by atoms with Gasteiger partial charge in [-0.1, -0.05) is 37.3 Å². The van der Waals surface area contributed by atoms with E-state index < -0.39 is 10.8 Å². The van der Waals surface area contributed by atoms with Crippen LogP contribution in [0.2, 0.25) is 0 Å². The molecule has 2 aromatic rings. The van der Waals surface area contributed by atoms with Gasteiger partial charge in [-0.2, -0.15) is 0 Å². The molecule has 3 N–H and O–H groups in total. The van der Waals surface area contributed by atoms with Crippen molar-refractivity contribution in [3.05, 3.63) is 69.3 Å². The van der Waals surface area contributed by atoms with Crippen LogP contribution in [0.25, 0.3) is 0 Å². The Hall–Kier alpha value is -2.89. The Morgan fingerprint density at radius 2 is 1.83 bits per heavy atom. The first kappa shape index (κ1) is 17.5. The number of amides is 1. The maximum absolute atomic E-state index is 12.5. The first-order chi connectivity index (χ1) is 11.3. The second kappa shape index (κ2) is 7.12. The third-order valence-electron chi connectivity index (χ3n) is 4.18. The van der Waals surface area contributed by atoms with Crippen molar-refractivity contribution in [3.63, 3.8) is 0 Å². The van der Waals surface area contributed by atoms with E-state index in [1.54, 1.807) is 13.0 Å². The van der Waals surface area contributed by atoms with E-state index in [1.807, 2.05) is 44.2 Å². The lowest BCUT2D eigenvalue weighted by molar-refractivity contribution is -0.384. The summed E-state index contributed by atoms with van der Waals surface area (Å²) in [5.41, 5.74) is 7.31. The molecule has 2 rings (SSSR count). The van der Waals surface area contributed by atoms with Crippen molar-refractivity contribution in [1.82, 2.24) is 5.32 Å². The lowest BCUT2D eigenvalue weighted by atomic mass is 9.94. The van der Waals surface area contributed by atoms with Gasteiger partial charge < -0.3 is 11.1 Å².